The van der Waals surface area contributed by atoms with Gasteiger partial charge in [0.2, 0.25) is 0 Å². The molecule has 3 aromatic rings. The minimum absolute atomic E-state index is 0.0276. The van der Waals surface area contributed by atoms with Gasteiger partial charge in [-0.25, -0.2) is 4.98 Å². The molecule has 1 aliphatic rings. The van der Waals surface area contributed by atoms with Crippen LogP contribution in [0.15, 0.2) is 36.7 Å². The molecule has 12 heteroatoms. The van der Waals surface area contributed by atoms with Gasteiger partial charge in [0.1, 0.15) is 5.82 Å². The zero-order valence-electron chi connectivity index (χ0n) is 17.4. The lowest BCUT2D eigenvalue weighted by Gasteiger charge is -2.32. The number of aryl methyl sites for hydroxylation is 1. The molecule has 0 saturated heterocycles. The van der Waals surface area contributed by atoms with Gasteiger partial charge in [-0.2, -0.15) is 18.3 Å². The van der Waals surface area contributed by atoms with Crippen LogP contribution in [0.3, 0.4) is 0 Å². The van der Waals surface area contributed by atoms with Gasteiger partial charge in [0.15, 0.2) is 5.69 Å². The van der Waals surface area contributed by atoms with E-state index in [2.05, 4.69) is 15.4 Å². The van der Waals surface area contributed by atoms with E-state index in [1.54, 1.807) is 19.9 Å². The summed E-state index contributed by atoms with van der Waals surface area (Å²) in [4.78, 5) is 31.3. The Morgan fingerprint density at radius 2 is 2.00 bits per heavy atom. The quantitative estimate of drug-likeness (QED) is 0.583. The van der Waals surface area contributed by atoms with Gasteiger partial charge in [-0.15, -0.1) is 0 Å². The number of nitrogens with two attached hydrogens (primary N) is 1. The van der Waals surface area contributed by atoms with E-state index in [1.807, 2.05) is 0 Å². The Morgan fingerprint density at radius 3 is 2.67 bits per heavy atom. The second-order valence-electron chi connectivity index (χ2n) is 7.68. The van der Waals surface area contributed by atoms with E-state index < -0.39 is 28.6 Å². The third kappa shape index (κ3) is 4.11. The van der Waals surface area contributed by atoms with Gasteiger partial charge in [-0.05, 0) is 43.7 Å². The number of alkyl halides is 3. The first-order valence-electron chi connectivity index (χ1n) is 9.77. The van der Waals surface area contributed by atoms with Crippen LogP contribution in [0.5, 0.6) is 0 Å². The molecule has 1 aliphatic heterocycles. The Bertz CT molecular complexity index is 1270. The predicted octanol–water partition coefficient (Wildman–Crippen LogP) is 4.31. The van der Waals surface area contributed by atoms with Crippen molar-refractivity contribution in [3.8, 4) is 0 Å². The number of nitrogen functional groups attached to an aromatic ring is 1. The summed E-state index contributed by atoms with van der Waals surface area (Å²) in [7, 11) is 0. The van der Waals surface area contributed by atoms with Crippen molar-refractivity contribution in [2.45, 2.75) is 26.1 Å². The van der Waals surface area contributed by atoms with E-state index in [0.29, 0.717) is 0 Å². The van der Waals surface area contributed by atoms with Gasteiger partial charge in [-0.3, -0.25) is 14.3 Å². The summed E-state index contributed by atoms with van der Waals surface area (Å²) in [5.41, 5.74) is 6.08. The number of hydrogen-bond donors (Lipinski definition) is 2. The molecular formula is C21H18ClF3N6O2. The lowest BCUT2D eigenvalue weighted by Crippen LogP contribution is -2.43. The van der Waals surface area contributed by atoms with Crippen LogP contribution in [0.2, 0.25) is 5.02 Å². The monoisotopic (exact) mass is 478 g/mol. The van der Waals surface area contributed by atoms with Crippen LogP contribution in [-0.2, 0) is 6.18 Å². The van der Waals surface area contributed by atoms with Crippen LogP contribution < -0.4 is 16.0 Å². The van der Waals surface area contributed by atoms with Crippen molar-refractivity contribution in [2.24, 2.45) is 0 Å². The molecule has 33 heavy (non-hydrogen) atoms. The number of nitrogens with one attached hydrogen (secondary N) is 1. The molecule has 0 radical (unpaired) electrons. The minimum Gasteiger partial charge on any atom is -0.383 e. The van der Waals surface area contributed by atoms with Gasteiger partial charge in [0, 0.05) is 18.4 Å². The number of pyridine rings is 1. The summed E-state index contributed by atoms with van der Waals surface area (Å²) in [6, 6.07) is 4.35. The molecule has 8 nitrogen and oxygen atoms in total. The van der Waals surface area contributed by atoms with Crippen LogP contribution in [-0.4, -0.2) is 33.1 Å². The molecule has 172 valence electrons. The topological polar surface area (TPSA) is 106 Å². The molecule has 2 aromatic heterocycles. The highest BCUT2D eigenvalue weighted by Gasteiger charge is 2.36. The van der Waals surface area contributed by atoms with Crippen molar-refractivity contribution >= 4 is 40.6 Å². The molecule has 0 fully saturated rings. The lowest BCUT2D eigenvalue weighted by atomic mass is 10.1. The van der Waals surface area contributed by atoms with E-state index in [-0.39, 0.29) is 41.0 Å². The fraction of sp³-hybridized carbons (Fsp3) is 0.238. The molecular weight excluding hydrogens is 461 g/mol. The smallest absolute Gasteiger partial charge is 0.383 e. The van der Waals surface area contributed by atoms with Crippen LogP contribution in [0.1, 0.15) is 44.9 Å². The zero-order chi connectivity index (χ0) is 24.1. The second-order valence-corrected chi connectivity index (χ2v) is 8.08. The maximum absolute atomic E-state index is 13.3. The first-order chi connectivity index (χ1) is 15.5. The highest BCUT2D eigenvalue weighted by atomic mass is 35.5. The van der Waals surface area contributed by atoms with Crippen molar-refractivity contribution in [3.63, 3.8) is 0 Å². The highest BCUT2D eigenvalue weighted by molar-refractivity contribution is 6.31. The third-order valence-corrected chi connectivity index (χ3v) is 5.54. The number of aromatic nitrogens is 3. The normalized spacial score (nSPS) is 16.0. The highest BCUT2D eigenvalue weighted by Crippen LogP contribution is 2.38. The summed E-state index contributed by atoms with van der Waals surface area (Å²) in [6.07, 6.45) is -1.76. The summed E-state index contributed by atoms with van der Waals surface area (Å²) < 4.78 is 40.6. The SMILES string of the molecule is Cc1cnc(N)c(C(=O)Nc2cnn3c2C(=O)N(c2ccc(C(F)(F)F)c(Cl)c2)C[C@@H]3C)c1. The average Bonchev–Trinajstić information content (AvgIpc) is 3.15. The fourth-order valence-corrected chi connectivity index (χ4v) is 3.91. The zero-order valence-corrected chi connectivity index (χ0v) is 18.2. The molecule has 3 N–H and O–H groups in total. The minimum atomic E-state index is -4.61. The van der Waals surface area contributed by atoms with Crippen LogP contribution in [0, 0.1) is 6.92 Å². The molecule has 0 spiro atoms. The summed E-state index contributed by atoms with van der Waals surface area (Å²) in [5.74, 6) is -1.10. The summed E-state index contributed by atoms with van der Waals surface area (Å²) in [6.45, 7) is 3.69. The first kappa shape index (κ1) is 22.6. The number of benzene rings is 1. The molecule has 2 amide bonds. The first-order valence-corrected chi connectivity index (χ1v) is 10.1. The van der Waals surface area contributed by atoms with Crippen molar-refractivity contribution in [1.82, 2.24) is 14.8 Å². The van der Waals surface area contributed by atoms with Crippen LogP contribution >= 0.6 is 11.6 Å². The van der Waals surface area contributed by atoms with Crippen molar-refractivity contribution < 1.29 is 22.8 Å². The molecule has 1 aromatic carbocycles. The Kier molecular flexibility index (Phi) is 5.52. The van der Waals surface area contributed by atoms with E-state index >= 15 is 0 Å². The lowest BCUT2D eigenvalue weighted by molar-refractivity contribution is -0.137. The predicted molar refractivity (Wildman–Crippen MR) is 116 cm³/mol. The van der Waals surface area contributed by atoms with Crippen LogP contribution in [0.4, 0.5) is 30.4 Å². The van der Waals surface area contributed by atoms with E-state index in [9.17, 15) is 22.8 Å². The largest absolute Gasteiger partial charge is 0.417 e. The van der Waals surface area contributed by atoms with Gasteiger partial charge in [0.25, 0.3) is 11.8 Å². The number of anilines is 3. The molecule has 0 aliphatic carbocycles. The number of nitrogens with zero attached hydrogens (tertiary/aromatic N) is 4. The fourth-order valence-electron chi connectivity index (χ4n) is 3.63. The Hall–Kier alpha value is -3.60. The summed E-state index contributed by atoms with van der Waals surface area (Å²) >= 11 is 5.84. The Balaban J connectivity index is 1.67. The summed E-state index contributed by atoms with van der Waals surface area (Å²) in [5, 5.41) is 6.31. The maximum Gasteiger partial charge on any atom is 0.417 e. The molecule has 0 unspecified atom stereocenters. The van der Waals surface area contributed by atoms with Crippen molar-refractivity contribution in [1.29, 1.82) is 0 Å². The van der Waals surface area contributed by atoms with Gasteiger partial charge in [-0.1, -0.05) is 11.6 Å². The molecule has 0 saturated carbocycles. The third-order valence-electron chi connectivity index (χ3n) is 5.23. The number of hydrogen-bond acceptors (Lipinski definition) is 5. The number of carbonyl (C=O) groups is 2. The standard InChI is InChI=1S/C21H18ClF3N6O2/c1-10-5-13(18(26)27-7-10)19(32)29-16-8-28-31-11(2)9-30(20(33)17(16)31)12-3-4-14(15(22)6-12)21(23,24)25/h3-8,11H,9H2,1-2H3,(H2,26,27)(H,29,32)/t11-/m0/s1. The molecule has 1 atom stereocenters. The van der Waals surface area contributed by atoms with Gasteiger partial charge < -0.3 is 16.0 Å². The number of fused-ring (bicyclic) bond motifs is 1. The average molecular weight is 479 g/mol. The van der Waals surface area contributed by atoms with Gasteiger partial charge >= 0.3 is 6.18 Å². The molecule has 0 bridgehead atoms. The Labute approximate surface area is 191 Å². The number of amides is 2. The molecule has 3 heterocycles. The van der Waals surface area contributed by atoms with E-state index in [1.165, 1.54) is 28.0 Å². The van der Waals surface area contributed by atoms with E-state index in [4.69, 9.17) is 17.3 Å². The second kappa shape index (κ2) is 8.07. The van der Waals surface area contributed by atoms with E-state index in [0.717, 1.165) is 17.7 Å². The van der Waals surface area contributed by atoms with Crippen LogP contribution in [0.25, 0.3) is 0 Å². The van der Waals surface area contributed by atoms with Crippen molar-refractivity contribution in [2.75, 3.05) is 22.5 Å². The number of halogens is 4. The maximum atomic E-state index is 13.3. The Morgan fingerprint density at radius 1 is 1.27 bits per heavy atom. The number of carbonyl (C=O) groups excluding carboxylic acids is 2. The van der Waals surface area contributed by atoms with Gasteiger partial charge in [0.05, 0.1) is 34.1 Å². The number of rotatable bonds is 3. The molecule has 4 rings (SSSR count). The van der Waals surface area contributed by atoms with Crippen molar-refractivity contribution in [3.05, 3.63) is 64.1 Å².